The third kappa shape index (κ3) is 3.69. The molecular weight excluding hydrogens is 262 g/mol. The van der Waals surface area contributed by atoms with Gasteiger partial charge in [0.25, 0.3) is 11.5 Å². The minimum Gasteiger partial charge on any atom is -0.321 e. The van der Waals surface area contributed by atoms with Gasteiger partial charge in [-0.25, -0.2) is 4.98 Å². The minimum absolute atomic E-state index is 0.122. The van der Waals surface area contributed by atoms with Crippen molar-refractivity contribution in [2.24, 2.45) is 0 Å². The Morgan fingerprint density at radius 3 is 2.79 bits per heavy atom. The van der Waals surface area contributed by atoms with Gasteiger partial charge in [-0.1, -0.05) is 18.2 Å². The summed E-state index contributed by atoms with van der Waals surface area (Å²) in [6, 6.07) is 10.2. The third-order valence-corrected chi connectivity index (χ3v) is 2.90. The van der Waals surface area contributed by atoms with Gasteiger partial charge in [-0.3, -0.25) is 9.59 Å². The molecule has 0 unspecified atom stereocenters. The molecule has 0 saturated heterocycles. The molecule has 5 nitrogen and oxygen atoms in total. The quantitative estimate of drug-likeness (QED) is 0.893. The molecule has 2 rings (SSSR count). The number of H-pyrrole nitrogens is 1. The van der Waals surface area contributed by atoms with E-state index in [-0.39, 0.29) is 17.2 Å². The van der Waals surface area contributed by atoms with Gasteiger partial charge in [0.2, 0.25) is 0 Å². The third-order valence-electron chi connectivity index (χ3n) is 2.34. The number of anilines is 1. The molecule has 0 aliphatic heterocycles. The number of thioether (sulfide) groups is 1. The van der Waals surface area contributed by atoms with Gasteiger partial charge in [0.05, 0.1) is 5.75 Å². The summed E-state index contributed by atoms with van der Waals surface area (Å²) in [6.45, 7) is 0. The topological polar surface area (TPSA) is 74.8 Å². The maximum absolute atomic E-state index is 12.0. The van der Waals surface area contributed by atoms with Crippen molar-refractivity contribution in [1.29, 1.82) is 0 Å². The smallest absolute Gasteiger partial charge is 0.274 e. The van der Waals surface area contributed by atoms with Crippen molar-refractivity contribution >= 4 is 23.4 Å². The number of carbonyl (C=O) groups is 1. The number of carbonyl (C=O) groups excluding carboxylic acids is 1. The van der Waals surface area contributed by atoms with Crippen molar-refractivity contribution in [3.8, 4) is 0 Å². The van der Waals surface area contributed by atoms with Gasteiger partial charge in [0, 0.05) is 11.8 Å². The van der Waals surface area contributed by atoms with E-state index < -0.39 is 0 Å². The summed E-state index contributed by atoms with van der Waals surface area (Å²) in [5.74, 6) is 0.666. The Morgan fingerprint density at radius 1 is 1.37 bits per heavy atom. The number of nitrogens with zero attached hydrogens (tertiary/aromatic N) is 1. The summed E-state index contributed by atoms with van der Waals surface area (Å²) in [4.78, 5) is 30.2. The molecule has 1 aromatic heterocycles. The van der Waals surface area contributed by atoms with E-state index in [1.54, 1.807) is 12.1 Å². The van der Waals surface area contributed by atoms with Crippen LogP contribution in [0.5, 0.6) is 0 Å². The Kier molecular flexibility index (Phi) is 4.35. The molecule has 1 aromatic carbocycles. The standard InChI is InChI=1S/C13H13N3O2S/c1-19-8-11-15-10(7-12(17)16-11)13(18)14-9-5-3-2-4-6-9/h2-7H,8H2,1H3,(H,14,18)(H,15,16,17). The van der Waals surface area contributed by atoms with E-state index in [2.05, 4.69) is 15.3 Å². The second kappa shape index (κ2) is 6.19. The van der Waals surface area contributed by atoms with Gasteiger partial charge in [-0.2, -0.15) is 11.8 Å². The molecule has 0 bridgehead atoms. The summed E-state index contributed by atoms with van der Waals surface area (Å²) in [5, 5.41) is 2.69. The van der Waals surface area contributed by atoms with Crippen LogP contribution in [0.2, 0.25) is 0 Å². The number of hydrogen-bond acceptors (Lipinski definition) is 4. The lowest BCUT2D eigenvalue weighted by atomic mass is 10.3. The number of para-hydroxylation sites is 1. The highest BCUT2D eigenvalue weighted by Gasteiger charge is 2.10. The molecule has 0 aliphatic carbocycles. The number of aromatic nitrogens is 2. The predicted octanol–water partition coefficient (Wildman–Crippen LogP) is 1.89. The molecule has 0 radical (unpaired) electrons. The lowest BCUT2D eigenvalue weighted by Gasteiger charge is -2.05. The van der Waals surface area contributed by atoms with Crippen LogP contribution in [-0.2, 0) is 5.75 Å². The average Bonchev–Trinajstić information content (AvgIpc) is 2.39. The van der Waals surface area contributed by atoms with Crippen LogP contribution < -0.4 is 10.9 Å². The molecule has 0 fully saturated rings. The van der Waals surface area contributed by atoms with Gasteiger partial charge in [0.1, 0.15) is 11.5 Å². The zero-order chi connectivity index (χ0) is 13.7. The molecule has 98 valence electrons. The van der Waals surface area contributed by atoms with E-state index in [4.69, 9.17) is 0 Å². The van der Waals surface area contributed by atoms with Crippen molar-refractivity contribution < 1.29 is 4.79 Å². The molecule has 1 heterocycles. The van der Waals surface area contributed by atoms with E-state index in [9.17, 15) is 9.59 Å². The van der Waals surface area contributed by atoms with Gasteiger partial charge < -0.3 is 10.3 Å². The first-order chi connectivity index (χ1) is 9.19. The molecule has 1 amide bonds. The molecule has 0 saturated carbocycles. The van der Waals surface area contributed by atoms with Gasteiger partial charge in [-0.05, 0) is 18.4 Å². The van der Waals surface area contributed by atoms with Crippen LogP contribution in [-0.4, -0.2) is 22.1 Å². The van der Waals surface area contributed by atoms with E-state index in [0.717, 1.165) is 0 Å². The number of nitrogens with one attached hydrogen (secondary N) is 2. The van der Waals surface area contributed by atoms with Crippen LogP contribution in [0, 0.1) is 0 Å². The Hall–Kier alpha value is -2.08. The minimum atomic E-state index is -0.389. The zero-order valence-electron chi connectivity index (χ0n) is 10.3. The Balaban J connectivity index is 2.21. The van der Waals surface area contributed by atoms with Crippen LogP contribution in [0.25, 0.3) is 0 Å². The second-order valence-electron chi connectivity index (χ2n) is 3.83. The van der Waals surface area contributed by atoms with E-state index in [0.29, 0.717) is 17.3 Å². The summed E-state index contributed by atoms with van der Waals surface area (Å²) >= 11 is 1.52. The molecule has 6 heteroatoms. The van der Waals surface area contributed by atoms with Crippen molar-refractivity contribution in [3.63, 3.8) is 0 Å². The molecule has 0 atom stereocenters. The van der Waals surface area contributed by atoms with Crippen molar-refractivity contribution in [2.75, 3.05) is 11.6 Å². The number of hydrogen-bond donors (Lipinski definition) is 2. The van der Waals surface area contributed by atoms with Gasteiger partial charge in [0.15, 0.2) is 0 Å². The van der Waals surface area contributed by atoms with Crippen LogP contribution >= 0.6 is 11.8 Å². The van der Waals surface area contributed by atoms with Crippen LogP contribution in [0.4, 0.5) is 5.69 Å². The Morgan fingerprint density at radius 2 is 2.11 bits per heavy atom. The van der Waals surface area contributed by atoms with Crippen molar-refractivity contribution in [3.05, 3.63) is 58.3 Å². The first-order valence-electron chi connectivity index (χ1n) is 5.64. The highest BCUT2D eigenvalue weighted by Crippen LogP contribution is 2.07. The zero-order valence-corrected chi connectivity index (χ0v) is 11.2. The summed E-state index contributed by atoms with van der Waals surface area (Å²) in [7, 11) is 0. The number of benzene rings is 1. The van der Waals surface area contributed by atoms with Gasteiger partial charge in [-0.15, -0.1) is 0 Å². The summed E-state index contributed by atoms with van der Waals surface area (Å²) in [6.07, 6.45) is 1.90. The van der Waals surface area contributed by atoms with E-state index in [1.807, 2.05) is 24.5 Å². The van der Waals surface area contributed by atoms with Crippen molar-refractivity contribution in [1.82, 2.24) is 9.97 Å². The fraction of sp³-hybridized carbons (Fsp3) is 0.154. The number of aromatic amines is 1. The molecule has 2 N–H and O–H groups in total. The average molecular weight is 275 g/mol. The van der Waals surface area contributed by atoms with Crippen LogP contribution in [0.3, 0.4) is 0 Å². The normalized spacial score (nSPS) is 10.2. The Bertz CT molecular complexity index is 625. The Labute approximate surface area is 114 Å². The number of rotatable bonds is 4. The lowest BCUT2D eigenvalue weighted by molar-refractivity contribution is 0.102. The lowest BCUT2D eigenvalue weighted by Crippen LogP contribution is -2.20. The maximum Gasteiger partial charge on any atom is 0.274 e. The summed E-state index contributed by atoms with van der Waals surface area (Å²) in [5.41, 5.74) is 0.468. The SMILES string of the molecule is CSCc1nc(C(=O)Nc2ccccc2)cc(=O)[nH]1. The first kappa shape index (κ1) is 13.4. The second-order valence-corrected chi connectivity index (χ2v) is 4.70. The molecule has 0 aliphatic rings. The first-order valence-corrected chi connectivity index (χ1v) is 7.04. The highest BCUT2D eigenvalue weighted by molar-refractivity contribution is 7.97. The maximum atomic E-state index is 12.0. The fourth-order valence-electron chi connectivity index (χ4n) is 1.55. The monoisotopic (exact) mass is 275 g/mol. The fourth-order valence-corrected chi connectivity index (χ4v) is 1.96. The molecule has 2 aromatic rings. The van der Waals surface area contributed by atoms with E-state index >= 15 is 0 Å². The molecule has 0 spiro atoms. The molecular formula is C13H13N3O2S. The highest BCUT2D eigenvalue weighted by atomic mass is 32.2. The predicted molar refractivity (Wildman–Crippen MR) is 76.5 cm³/mol. The van der Waals surface area contributed by atoms with Gasteiger partial charge >= 0.3 is 0 Å². The number of amides is 1. The van der Waals surface area contributed by atoms with E-state index in [1.165, 1.54) is 17.8 Å². The van der Waals surface area contributed by atoms with Crippen LogP contribution in [0.15, 0.2) is 41.2 Å². The van der Waals surface area contributed by atoms with Crippen molar-refractivity contribution in [2.45, 2.75) is 5.75 Å². The largest absolute Gasteiger partial charge is 0.321 e. The van der Waals surface area contributed by atoms with Crippen LogP contribution in [0.1, 0.15) is 16.3 Å². The molecule has 19 heavy (non-hydrogen) atoms. The summed E-state index contributed by atoms with van der Waals surface area (Å²) < 4.78 is 0.